The molecule has 1 aliphatic heterocycles. The molecule has 1 amide bonds. The average Bonchev–Trinajstić information content (AvgIpc) is 2.39. The van der Waals surface area contributed by atoms with Crippen LogP contribution in [0, 0.1) is 5.92 Å². The molecule has 19 heavy (non-hydrogen) atoms. The molecule has 1 aromatic rings. The lowest BCUT2D eigenvalue weighted by Gasteiger charge is -2.30. The summed E-state index contributed by atoms with van der Waals surface area (Å²) in [7, 11) is 1.66. The number of hydrogen-bond donors (Lipinski definition) is 2. The Labute approximate surface area is 113 Å². The fourth-order valence-electron chi connectivity index (χ4n) is 2.38. The number of amides is 1. The van der Waals surface area contributed by atoms with Crippen molar-refractivity contribution in [2.45, 2.75) is 26.3 Å². The van der Waals surface area contributed by atoms with Gasteiger partial charge in [0.1, 0.15) is 5.75 Å². The van der Waals surface area contributed by atoms with E-state index < -0.39 is 0 Å². The van der Waals surface area contributed by atoms with Crippen molar-refractivity contribution in [3.8, 4) is 5.75 Å². The Balaban J connectivity index is 2.11. The van der Waals surface area contributed by atoms with E-state index in [1.165, 1.54) is 5.57 Å². The Kier molecular flexibility index (Phi) is 4.22. The molecular weight excluding hydrogens is 240 g/mol. The third-order valence-electron chi connectivity index (χ3n) is 3.44. The van der Waals surface area contributed by atoms with Crippen molar-refractivity contribution in [3.63, 3.8) is 0 Å². The van der Waals surface area contributed by atoms with Gasteiger partial charge in [-0.15, -0.1) is 0 Å². The van der Waals surface area contributed by atoms with Gasteiger partial charge in [0.15, 0.2) is 0 Å². The molecule has 102 valence electrons. The lowest BCUT2D eigenvalue weighted by Crippen LogP contribution is -2.53. The summed E-state index contributed by atoms with van der Waals surface area (Å²) in [6, 6.07) is 8.11. The van der Waals surface area contributed by atoms with E-state index in [1.54, 1.807) is 7.11 Å². The molecule has 1 aromatic carbocycles. The van der Waals surface area contributed by atoms with Gasteiger partial charge in [-0.05, 0) is 30.5 Å². The van der Waals surface area contributed by atoms with Gasteiger partial charge >= 0.3 is 0 Å². The van der Waals surface area contributed by atoms with E-state index in [9.17, 15) is 4.79 Å². The quantitative estimate of drug-likeness (QED) is 0.875. The zero-order valence-electron chi connectivity index (χ0n) is 11.6. The first-order chi connectivity index (χ1) is 9.10. The third-order valence-corrected chi connectivity index (χ3v) is 3.44. The molecular formula is C15H20N2O2. The number of rotatable bonds is 3. The van der Waals surface area contributed by atoms with Crippen LogP contribution in [0.3, 0.4) is 0 Å². The largest absolute Gasteiger partial charge is 0.497 e. The molecule has 2 atom stereocenters. The van der Waals surface area contributed by atoms with Gasteiger partial charge in [0.25, 0.3) is 0 Å². The van der Waals surface area contributed by atoms with E-state index in [0.29, 0.717) is 12.3 Å². The molecule has 2 rings (SSSR count). The Morgan fingerprint density at radius 1 is 1.37 bits per heavy atom. The molecule has 1 saturated heterocycles. The number of nitrogens with one attached hydrogen (secondary N) is 2. The van der Waals surface area contributed by atoms with E-state index in [0.717, 1.165) is 11.3 Å². The summed E-state index contributed by atoms with van der Waals surface area (Å²) in [5.41, 5.74) is 8.10. The molecule has 0 spiro atoms. The van der Waals surface area contributed by atoms with Crippen LogP contribution in [0.25, 0.3) is 6.08 Å². The molecule has 4 nitrogen and oxygen atoms in total. The highest BCUT2D eigenvalue weighted by atomic mass is 16.5. The molecule has 0 saturated carbocycles. The van der Waals surface area contributed by atoms with Crippen molar-refractivity contribution in [1.82, 2.24) is 10.9 Å². The zero-order valence-corrected chi connectivity index (χ0v) is 11.6. The summed E-state index contributed by atoms with van der Waals surface area (Å²) in [4.78, 5) is 11.3. The number of hydrazine groups is 1. The van der Waals surface area contributed by atoms with Crippen molar-refractivity contribution in [2.75, 3.05) is 7.11 Å². The van der Waals surface area contributed by atoms with Gasteiger partial charge in [0.05, 0.1) is 13.2 Å². The number of ether oxygens (including phenoxy) is 1. The van der Waals surface area contributed by atoms with E-state index in [-0.39, 0.29) is 11.9 Å². The van der Waals surface area contributed by atoms with Gasteiger partial charge in [-0.2, -0.15) is 0 Å². The first kappa shape index (κ1) is 13.6. The van der Waals surface area contributed by atoms with Crippen LogP contribution in [0.2, 0.25) is 0 Å². The van der Waals surface area contributed by atoms with Crippen molar-refractivity contribution < 1.29 is 9.53 Å². The van der Waals surface area contributed by atoms with E-state index in [4.69, 9.17) is 4.74 Å². The Hall–Kier alpha value is -1.81. The van der Waals surface area contributed by atoms with Crippen LogP contribution in [-0.4, -0.2) is 19.1 Å². The fraction of sp³-hybridized carbons (Fsp3) is 0.400. The Morgan fingerprint density at radius 2 is 2.05 bits per heavy atom. The highest BCUT2D eigenvalue weighted by molar-refractivity contribution is 5.76. The van der Waals surface area contributed by atoms with Crippen LogP contribution >= 0.6 is 0 Å². The molecule has 4 heteroatoms. The lowest BCUT2D eigenvalue weighted by molar-refractivity contribution is -0.125. The molecule has 1 aliphatic rings. The van der Waals surface area contributed by atoms with Crippen LogP contribution in [0.5, 0.6) is 5.75 Å². The zero-order chi connectivity index (χ0) is 13.8. The highest BCUT2D eigenvalue weighted by Gasteiger charge is 2.26. The standard InChI is InChI=1S/C15H20N2O2/c1-10(15-11(2)9-14(18)16-17-15)8-12-4-6-13(19-3)7-5-12/h4-8,11,15,17H,9H2,1-3H3,(H,16,18)/b10-8+. The number of carbonyl (C=O) groups excluding carboxylic acids is 1. The summed E-state index contributed by atoms with van der Waals surface area (Å²) >= 11 is 0. The second-order valence-electron chi connectivity index (χ2n) is 5.01. The number of benzene rings is 1. The first-order valence-electron chi connectivity index (χ1n) is 6.47. The minimum atomic E-state index is 0.0565. The third kappa shape index (κ3) is 3.35. The molecule has 2 unspecified atom stereocenters. The molecule has 1 heterocycles. The van der Waals surface area contributed by atoms with Crippen molar-refractivity contribution >= 4 is 12.0 Å². The van der Waals surface area contributed by atoms with E-state index in [2.05, 4.69) is 30.8 Å². The Morgan fingerprint density at radius 3 is 2.63 bits per heavy atom. The summed E-state index contributed by atoms with van der Waals surface area (Å²) in [6.45, 7) is 4.16. The van der Waals surface area contributed by atoms with Gasteiger partial charge in [-0.3, -0.25) is 10.2 Å². The van der Waals surface area contributed by atoms with Crippen LogP contribution in [-0.2, 0) is 4.79 Å². The SMILES string of the molecule is COc1ccc(/C=C(\C)C2NNC(=O)CC2C)cc1. The predicted octanol–water partition coefficient (Wildman–Crippen LogP) is 2.13. The number of carbonyl (C=O) groups is 1. The van der Waals surface area contributed by atoms with Gasteiger partial charge in [0, 0.05) is 6.42 Å². The summed E-state index contributed by atoms with van der Waals surface area (Å²) in [5.74, 6) is 1.20. The van der Waals surface area contributed by atoms with Crippen molar-refractivity contribution in [3.05, 3.63) is 35.4 Å². The lowest BCUT2D eigenvalue weighted by atomic mass is 9.90. The van der Waals surface area contributed by atoms with Crippen molar-refractivity contribution in [1.29, 1.82) is 0 Å². The maximum Gasteiger partial charge on any atom is 0.234 e. The molecule has 0 aliphatic carbocycles. The van der Waals surface area contributed by atoms with Crippen LogP contribution in [0.15, 0.2) is 29.8 Å². The second kappa shape index (κ2) is 5.89. The molecule has 0 aromatic heterocycles. The topological polar surface area (TPSA) is 50.4 Å². The number of hydrogen-bond acceptors (Lipinski definition) is 3. The highest BCUT2D eigenvalue weighted by Crippen LogP contribution is 2.21. The summed E-state index contributed by atoms with van der Waals surface area (Å²) in [5, 5.41) is 0. The van der Waals surface area contributed by atoms with Gasteiger partial charge < -0.3 is 4.74 Å². The monoisotopic (exact) mass is 260 g/mol. The van der Waals surface area contributed by atoms with Crippen LogP contribution in [0.4, 0.5) is 0 Å². The summed E-state index contributed by atoms with van der Waals surface area (Å²) in [6.07, 6.45) is 2.69. The number of methoxy groups -OCH3 is 1. The normalized spacial score (nSPS) is 23.9. The average molecular weight is 260 g/mol. The van der Waals surface area contributed by atoms with Gasteiger partial charge in [-0.1, -0.05) is 30.7 Å². The van der Waals surface area contributed by atoms with E-state index in [1.807, 2.05) is 24.3 Å². The predicted molar refractivity (Wildman–Crippen MR) is 75.5 cm³/mol. The van der Waals surface area contributed by atoms with Crippen LogP contribution in [0.1, 0.15) is 25.8 Å². The minimum absolute atomic E-state index is 0.0565. The van der Waals surface area contributed by atoms with Gasteiger partial charge in [0.2, 0.25) is 5.91 Å². The molecule has 0 radical (unpaired) electrons. The maximum atomic E-state index is 11.3. The van der Waals surface area contributed by atoms with Crippen LogP contribution < -0.4 is 15.6 Å². The Bertz CT molecular complexity index is 479. The first-order valence-corrected chi connectivity index (χ1v) is 6.47. The molecule has 2 N–H and O–H groups in total. The summed E-state index contributed by atoms with van der Waals surface area (Å²) < 4.78 is 5.14. The minimum Gasteiger partial charge on any atom is -0.497 e. The second-order valence-corrected chi connectivity index (χ2v) is 5.01. The van der Waals surface area contributed by atoms with Gasteiger partial charge in [-0.25, -0.2) is 5.43 Å². The molecule has 1 fully saturated rings. The maximum absolute atomic E-state index is 11.3. The molecule has 0 bridgehead atoms. The smallest absolute Gasteiger partial charge is 0.234 e. The fourth-order valence-corrected chi connectivity index (χ4v) is 2.38. The van der Waals surface area contributed by atoms with E-state index >= 15 is 0 Å². The van der Waals surface area contributed by atoms with Crippen molar-refractivity contribution in [2.24, 2.45) is 5.92 Å².